The van der Waals surface area contributed by atoms with Crippen molar-refractivity contribution in [2.24, 2.45) is 0 Å². The smallest absolute Gasteiger partial charge is 0.0775 e. The van der Waals surface area contributed by atoms with Gasteiger partial charge in [-0.2, -0.15) is 0 Å². The molecule has 0 amide bonds. The number of nitrogens with zero attached hydrogens (tertiary/aromatic N) is 1. The number of rotatable bonds is 6. The van der Waals surface area contributed by atoms with E-state index >= 15 is 0 Å². The van der Waals surface area contributed by atoms with Gasteiger partial charge in [0.15, 0.2) is 0 Å². The summed E-state index contributed by atoms with van der Waals surface area (Å²) < 4.78 is 6.61. The second kappa shape index (κ2) is 9.52. The van der Waals surface area contributed by atoms with E-state index in [0.717, 1.165) is 19.5 Å². The number of hydrogen-bond acceptors (Lipinski definition) is 3. The molecular weight excluding hydrogens is 382 g/mol. The Morgan fingerprint density at radius 1 is 0.935 bits per heavy atom. The van der Waals surface area contributed by atoms with Crippen LogP contribution in [0.15, 0.2) is 66.7 Å². The van der Waals surface area contributed by atoms with Gasteiger partial charge in [0.2, 0.25) is 0 Å². The van der Waals surface area contributed by atoms with Gasteiger partial charge in [0.25, 0.3) is 0 Å². The largest absolute Gasteiger partial charge is 0.396 e. The first-order chi connectivity index (χ1) is 14.9. The maximum atomic E-state index is 9.20. The van der Waals surface area contributed by atoms with E-state index in [2.05, 4.69) is 92.4 Å². The van der Waals surface area contributed by atoms with Crippen LogP contribution in [0.25, 0.3) is 10.8 Å². The number of aliphatic hydroxyl groups excluding tert-OH is 1. The molecular formula is C28H35NO2. The summed E-state index contributed by atoms with van der Waals surface area (Å²) in [6.45, 7) is 9.72. The summed E-state index contributed by atoms with van der Waals surface area (Å²) in [4.78, 5) is 2.55. The van der Waals surface area contributed by atoms with Crippen LogP contribution in [-0.4, -0.2) is 41.3 Å². The van der Waals surface area contributed by atoms with Gasteiger partial charge >= 0.3 is 0 Å². The summed E-state index contributed by atoms with van der Waals surface area (Å²) in [5.74, 6) is 0.391. The average Bonchev–Trinajstić information content (AvgIpc) is 2.77. The van der Waals surface area contributed by atoms with Crippen LogP contribution in [0, 0.1) is 0 Å². The van der Waals surface area contributed by atoms with Gasteiger partial charge < -0.3 is 9.84 Å². The number of benzene rings is 3. The molecule has 0 spiro atoms. The number of aliphatic hydroxyl groups is 1. The van der Waals surface area contributed by atoms with Crippen molar-refractivity contribution in [2.75, 3.05) is 19.7 Å². The van der Waals surface area contributed by atoms with E-state index in [4.69, 9.17) is 4.74 Å². The van der Waals surface area contributed by atoms with Crippen LogP contribution >= 0.6 is 0 Å². The second-order valence-corrected chi connectivity index (χ2v) is 9.76. The maximum absolute atomic E-state index is 9.20. The predicted octanol–water partition coefficient (Wildman–Crippen LogP) is 5.55. The molecule has 3 aromatic rings. The van der Waals surface area contributed by atoms with E-state index < -0.39 is 0 Å². The van der Waals surface area contributed by atoms with Crippen LogP contribution < -0.4 is 0 Å². The van der Waals surface area contributed by atoms with Gasteiger partial charge in [-0.3, -0.25) is 4.90 Å². The minimum Gasteiger partial charge on any atom is -0.396 e. The Balaban J connectivity index is 1.52. The molecule has 164 valence electrons. The van der Waals surface area contributed by atoms with Crippen LogP contribution in [0.2, 0.25) is 0 Å². The molecule has 1 N–H and O–H groups in total. The van der Waals surface area contributed by atoms with Gasteiger partial charge in [-0.25, -0.2) is 0 Å². The molecule has 1 aliphatic heterocycles. The topological polar surface area (TPSA) is 32.7 Å². The highest BCUT2D eigenvalue weighted by Gasteiger charge is 2.35. The molecule has 3 nitrogen and oxygen atoms in total. The first-order valence-electron chi connectivity index (χ1n) is 11.5. The third-order valence-corrected chi connectivity index (χ3v) is 6.59. The van der Waals surface area contributed by atoms with Crippen LogP contribution in [0.5, 0.6) is 0 Å². The minimum atomic E-state index is 0.139. The first-order valence-corrected chi connectivity index (χ1v) is 11.5. The van der Waals surface area contributed by atoms with Crippen molar-refractivity contribution in [3.05, 3.63) is 83.4 Å². The van der Waals surface area contributed by atoms with E-state index in [-0.39, 0.29) is 18.2 Å². The fourth-order valence-electron chi connectivity index (χ4n) is 4.67. The normalized spacial score (nSPS) is 20.3. The van der Waals surface area contributed by atoms with E-state index in [1.54, 1.807) is 0 Å². The van der Waals surface area contributed by atoms with Crippen molar-refractivity contribution in [3.8, 4) is 0 Å². The number of fused-ring (bicyclic) bond motifs is 1. The van der Waals surface area contributed by atoms with E-state index in [1.807, 2.05) is 0 Å². The lowest BCUT2D eigenvalue weighted by molar-refractivity contribution is -0.0466. The molecule has 0 aromatic heterocycles. The summed E-state index contributed by atoms with van der Waals surface area (Å²) in [5.41, 5.74) is 3.90. The average molecular weight is 418 g/mol. The molecule has 2 unspecified atom stereocenters. The third-order valence-electron chi connectivity index (χ3n) is 6.59. The van der Waals surface area contributed by atoms with Crippen LogP contribution in [0.4, 0.5) is 0 Å². The fraction of sp³-hybridized carbons (Fsp3) is 0.429. The van der Waals surface area contributed by atoms with Gasteiger partial charge in [-0.1, -0.05) is 60.7 Å². The van der Waals surface area contributed by atoms with Crippen LogP contribution in [-0.2, 0) is 17.8 Å². The number of piperidine rings is 1. The van der Waals surface area contributed by atoms with E-state index in [1.165, 1.54) is 27.5 Å². The van der Waals surface area contributed by atoms with Crippen molar-refractivity contribution in [3.63, 3.8) is 0 Å². The second-order valence-electron chi connectivity index (χ2n) is 9.76. The SMILES string of the molecule is CC(C)(C)N1CCC(c2ccc(CCO)cc2)C(OCc2ccc3ccccc3c2)C1. The van der Waals surface area contributed by atoms with E-state index in [9.17, 15) is 5.11 Å². The molecule has 31 heavy (non-hydrogen) atoms. The van der Waals surface area contributed by atoms with Crippen molar-refractivity contribution in [1.82, 2.24) is 4.90 Å². The summed E-state index contributed by atoms with van der Waals surface area (Å²) >= 11 is 0. The van der Waals surface area contributed by atoms with Gasteiger partial charge in [0.05, 0.1) is 12.7 Å². The Morgan fingerprint density at radius 3 is 2.35 bits per heavy atom. The van der Waals surface area contributed by atoms with Gasteiger partial charge in [-0.05, 0) is 73.7 Å². The number of ether oxygens (including phenoxy) is 1. The van der Waals surface area contributed by atoms with Crippen LogP contribution in [0.3, 0.4) is 0 Å². The number of likely N-dealkylation sites (tertiary alicyclic amines) is 1. The van der Waals surface area contributed by atoms with Crippen molar-refractivity contribution < 1.29 is 9.84 Å². The summed E-state index contributed by atoms with van der Waals surface area (Å²) in [6, 6.07) is 23.9. The summed E-state index contributed by atoms with van der Waals surface area (Å²) in [5, 5.41) is 11.7. The highest BCUT2D eigenvalue weighted by molar-refractivity contribution is 5.82. The molecule has 0 saturated carbocycles. The monoisotopic (exact) mass is 417 g/mol. The molecule has 2 atom stereocenters. The molecule has 0 bridgehead atoms. The molecule has 0 radical (unpaired) electrons. The molecule has 1 aliphatic rings. The fourth-order valence-corrected chi connectivity index (χ4v) is 4.67. The standard InChI is InChI=1S/C28H35NO2/c1-28(2,3)29-16-14-26(24-12-8-21(9-13-24)15-17-30)27(19-29)31-20-22-10-11-23-6-4-5-7-25(23)18-22/h4-13,18,26-27,30H,14-17,19-20H2,1-3H3. The lowest BCUT2D eigenvalue weighted by Crippen LogP contribution is -2.52. The Labute approximate surface area is 186 Å². The summed E-state index contributed by atoms with van der Waals surface area (Å²) in [6.07, 6.45) is 1.96. The lowest BCUT2D eigenvalue weighted by atomic mass is 9.84. The minimum absolute atomic E-state index is 0.139. The van der Waals surface area contributed by atoms with Crippen molar-refractivity contribution >= 4 is 10.8 Å². The maximum Gasteiger partial charge on any atom is 0.0775 e. The molecule has 1 fully saturated rings. The van der Waals surface area contributed by atoms with Crippen molar-refractivity contribution in [1.29, 1.82) is 0 Å². The van der Waals surface area contributed by atoms with Crippen LogP contribution in [0.1, 0.15) is 49.8 Å². The predicted molar refractivity (Wildman–Crippen MR) is 128 cm³/mol. The third kappa shape index (κ3) is 5.35. The van der Waals surface area contributed by atoms with Gasteiger partial charge in [0.1, 0.15) is 0 Å². The molecule has 1 saturated heterocycles. The van der Waals surface area contributed by atoms with Crippen molar-refractivity contribution in [2.45, 2.75) is 57.8 Å². The molecule has 3 aromatic carbocycles. The Hall–Kier alpha value is -2.20. The van der Waals surface area contributed by atoms with E-state index in [0.29, 0.717) is 18.9 Å². The molecule has 4 rings (SSSR count). The Bertz CT molecular complexity index is 990. The van der Waals surface area contributed by atoms with Gasteiger partial charge in [-0.15, -0.1) is 0 Å². The molecule has 3 heteroatoms. The zero-order chi connectivity index (χ0) is 21.8. The number of hydrogen-bond donors (Lipinski definition) is 1. The highest BCUT2D eigenvalue weighted by Crippen LogP contribution is 2.34. The zero-order valence-corrected chi connectivity index (χ0v) is 19.1. The Kier molecular flexibility index (Phi) is 6.76. The quantitative estimate of drug-likeness (QED) is 0.571. The molecule has 1 heterocycles. The summed E-state index contributed by atoms with van der Waals surface area (Å²) in [7, 11) is 0. The zero-order valence-electron chi connectivity index (χ0n) is 19.1. The molecule has 0 aliphatic carbocycles. The highest BCUT2D eigenvalue weighted by atomic mass is 16.5. The Morgan fingerprint density at radius 2 is 1.65 bits per heavy atom. The van der Waals surface area contributed by atoms with Gasteiger partial charge in [0, 0.05) is 24.6 Å². The lowest BCUT2D eigenvalue weighted by Gasteiger charge is -2.45. The first kappa shape index (κ1) is 22.0.